The summed E-state index contributed by atoms with van der Waals surface area (Å²) in [6.45, 7) is 4.16. The Labute approximate surface area is 256 Å². The molecule has 2 aromatic carbocycles. The fourth-order valence-electron chi connectivity index (χ4n) is 6.30. The van der Waals surface area contributed by atoms with E-state index >= 15 is 0 Å². The number of halogens is 5. The Morgan fingerprint density at radius 3 is 1.93 bits per heavy atom. The first-order chi connectivity index (χ1) is 20.6. The maximum Gasteiger partial charge on any atom is 0.453 e. The number of unbranched alkanes of at least 4 members (excludes halogenated alkanes) is 7. The summed E-state index contributed by atoms with van der Waals surface area (Å²) in [7, 11) is 0. The van der Waals surface area contributed by atoms with Crippen LogP contribution in [0.5, 0.6) is 17.2 Å². The molecule has 0 radical (unpaired) electrons. The fourth-order valence-corrected chi connectivity index (χ4v) is 6.30. The van der Waals surface area contributed by atoms with Crippen molar-refractivity contribution < 1.29 is 46.8 Å². The third kappa shape index (κ3) is 9.00. The molecule has 1 aliphatic heterocycles. The van der Waals surface area contributed by atoms with E-state index < -0.39 is 29.9 Å². The van der Waals surface area contributed by atoms with E-state index in [4.69, 9.17) is 4.74 Å². The summed E-state index contributed by atoms with van der Waals surface area (Å²) >= 11 is 0. The van der Waals surface area contributed by atoms with Crippen LogP contribution >= 0.6 is 0 Å². The average Bonchev–Trinajstić information content (AvgIpc) is 2.95. The summed E-state index contributed by atoms with van der Waals surface area (Å²) in [4.78, 5) is 11.8. The van der Waals surface area contributed by atoms with Crippen molar-refractivity contribution in [1.29, 1.82) is 0 Å². The standard InChI is InChI=1S/C34H45F5O5/c1-31(30(42)43,20-10-11-21-33(35,36)34(37,38)39)19-9-7-5-3-4-6-8-12-28-27-18-17-26(41)22-29(27)44-23-32(28,2)24-13-15-25(40)16-14-24/h13-18,22,28,40-41H,3-12,19-21,23H2,1-2H3,(H,42,43)/t28-,31?,32-/m1/s1. The van der Waals surface area contributed by atoms with Crippen LogP contribution in [0.3, 0.4) is 0 Å². The summed E-state index contributed by atoms with van der Waals surface area (Å²) in [5.74, 6) is -4.59. The highest BCUT2D eigenvalue weighted by atomic mass is 19.4. The van der Waals surface area contributed by atoms with Gasteiger partial charge in [0.05, 0.1) is 12.0 Å². The van der Waals surface area contributed by atoms with Crippen LogP contribution < -0.4 is 4.74 Å². The maximum absolute atomic E-state index is 13.1. The third-order valence-corrected chi connectivity index (χ3v) is 9.32. The SMILES string of the molecule is CC(CCCCCCCCC[C@@H]1c2ccc(O)cc2OC[C@]1(C)c1ccc(O)cc1)(CCCCC(F)(F)C(F)(F)F)C(=O)O. The molecule has 0 aromatic heterocycles. The van der Waals surface area contributed by atoms with E-state index in [2.05, 4.69) is 6.92 Å². The molecule has 3 N–H and O–H groups in total. The lowest BCUT2D eigenvalue weighted by Crippen LogP contribution is -2.40. The third-order valence-electron chi connectivity index (χ3n) is 9.32. The van der Waals surface area contributed by atoms with Crippen molar-refractivity contribution in [1.82, 2.24) is 0 Å². The van der Waals surface area contributed by atoms with Gasteiger partial charge in [0.1, 0.15) is 17.2 Å². The second kappa shape index (κ2) is 14.8. The van der Waals surface area contributed by atoms with E-state index in [1.54, 1.807) is 31.2 Å². The summed E-state index contributed by atoms with van der Waals surface area (Å²) in [5, 5.41) is 29.4. The maximum atomic E-state index is 13.1. The Kier molecular flexibility index (Phi) is 11.9. The van der Waals surface area contributed by atoms with Crippen LogP contribution in [0.25, 0.3) is 0 Å². The number of carboxylic acids is 1. The number of fused-ring (bicyclic) bond motifs is 1. The van der Waals surface area contributed by atoms with Crippen LogP contribution in [0.1, 0.15) is 114 Å². The highest BCUT2D eigenvalue weighted by Gasteiger charge is 2.56. The molecule has 5 nitrogen and oxygen atoms in total. The second-order valence-electron chi connectivity index (χ2n) is 12.8. The number of aromatic hydroxyl groups is 2. The van der Waals surface area contributed by atoms with E-state index in [0.29, 0.717) is 25.2 Å². The molecule has 1 heterocycles. The molecule has 0 amide bonds. The zero-order chi connectivity index (χ0) is 32.6. The Bertz CT molecular complexity index is 1220. The van der Waals surface area contributed by atoms with E-state index in [0.717, 1.165) is 56.1 Å². The molecule has 0 fully saturated rings. The quantitative estimate of drug-likeness (QED) is 0.120. The normalized spacial score (nSPS) is 20.0. The molecule has 246 valence electrons. The van der Waals surface area contributed by atoms with Crippen LogP contribution in [-0.4, -0.2) is 40.0 Å². The highest BCUT2D eigenvalue weighted by molar-refractivity contribution is 5.74. The molecular weight excluding hydrogens is 583 g/mol. The zero-order valence-corrected chi connectivity index (χ0v) is 25.6. The van der Waals surface area contributed by atoms with Crippen molar-refractivity contribution >= 4 is 5.97 Å². The van der Waals surface area contributed by atoms with Gasteiger partial charge in [-0.15, -0.1) is 0 Å². The largest absolute Gasteiger partial charge is 0.508 e. The first kappa shape index (κ1) is 35.4. The van der Waals surface area contributed by atoms with Crippen LogP contribution in [0.15, 0.2) is 42.5 Å². The number of rotatable bonds is 17. The monoisotopic (exact) mass is 628 g/mol. The first-order valence-electron chi connectivity index (χ1n) is 15.5. The number of hydrogen-bond donors (Lipinski definition) is 3. The van der Waals surface area contributed by atoms with Crippen LogP contribution in [-0.2, 0) is 10.2 Å². The minimum Gasteiger partial charge on any atom is -0.508 e. The molecule has 44 heavy (non-hydrogen) atoms. The Balaban J connectivity index is 1.42. The molecular formula is C34H45F5O5. The van der Waals surface area contributed by atoms with Crippen molar-refractivity contribution in [2.24, 2.45) is 5.41 Å². The van der Waals surface area contributed by atoms with Crippen molar-refractivity contribution in [3.05, 3.63) is 53.6 Å². The van der Waals surface area contributed by atoms with E-state index in [9.17, 15) is 42.1 Å². The van der Waals surface area contributed by atoms with Gasteiger partial charge in [0, 0.05) is 23.8 Å². The Morgan fingerprint density at radius 2 is 1.34 bits per heavy atom. The molecule has 0 aliphatic carbocycles. The summed E-state index contributed by atoms with van der Waals surface area (Å²) in [5.41, 5.74) is 0.675. The van der Waals surface area contributed by atoms with Gasteiger partial charge >= 0.3 is 18.1 Å². The topological polar surface area (TPSA) is 87.0 Å². The minimum atomic E-state index is -5.58. The van der Waals surface area contributed by atoms with Gasteiger partial charge in [-0.05, 0) is 61.9 Å². The summed E-state index contributed by atoms with van der Waals surface area (Å²) in [6, 6.07) is 12.5. The van der Waals surface area contributed by atoms with Gasteiger partial charge in [-0.2, -0.15) is 22.0 Å². The number of alkyl halides is 5. The highest BCUT2D eigenvalue weighted by Crippen LogP contribution is 2.50. The molecule has 0 bridgehead atoms. The molecule has 0 spiro atoms. The molecule has 0 saturated carbocycles. The number of phenols is 2. The van der Waals surface area contributed by atoms with Crippen molar-refractivity contribution in [3.63, 3.8) is 0 Å². The van der Waals surface area contributed by atoms with E-state index in [1.165, 1.54) is 0 Å². The van der Waals surface area contributed by atoms with Crippen molar-refractivity contribution in [2.75, 3.05) is 6.61 Å². The lowest BCUT2D eigenvalue weighted by molar-refractivity contribution is -0.284. The number of carboxylic acid groups (broad SMARTS) is 1. The van der Waals surface area contributed by atoms with Gasteiger partial charge in [-0.1, -0.05) is 76.5 Å². The van der Waals surface area contributed by atoms with Gasteiger partial charge in [0.15, 0.2) is 0 Å². The zero-order valence-electron chi connectivity index (χ0n) is 25.6. The number of hydrogen-bond acceptors (Lipinski definition) is 4. The fraction of sp³-hybridized carbons (Fsp3) is 0.618. The number of aliphatic carboxylic acids is 1. The predicted molar refractivity (Wildman–Crippen MR) is 159 cm³/mol. The van der Waals surface area contributed by atoms with Gasteiger partial charge in [0.25, 0.3) is 0 Å². The molecule has 10 heteroatoms. The molecule has 0 saturated heterocycles. The predicted octanol–water partition coefficient (Wildman–Crippen LogP) is 9.89. The number of carbonyl (C=O) groups is 1. The molecule has 1 unspecified atom stereocenters. The lowest BCUT2D eigenvalue weighted by Gasteiger charge is -2.43. The van der Waals surface area contributed by atoms with Crippen LogP contribution in [0.2, 0.25) is 0 Å². The van der Waals surface area contributed by atoms with Gasteiger partial charge < -0.3 is 20.1 Å². The Hall–Kier alpha value is -3.04. The van der Waals surface area contributed by atoms with Gasteiger partial charge in [0.2, 0.25) is 0 Å². The minimum absolute atomic E-state index is 0.000976. The first-order valence-corrected chi connectivity index (χ1v) is 15.5. The van der Waals surface area contributed by atoms with E-state index in [-0.39, 0.29) is 42.1 Å². The lowest BCUT2D eigenvalue weighted by atomic mass is 9.66. The second-order valence-corrected chi connectivity index (χ2v) is 12.8. The number of ether oxygens (including phenoxy) is 1. The molecule has 3 atom stereocenters. The van der Waals surface area contributed by atoms with Gasteiger partial charge in [-0.25, -0.2) is 0 Å². The average molecular weight is 629 g/mol. The smallest absolute Gasteiger partial charge is 0.453 e. The summed E-state index contributed by atoms with van der Waals surface area (Å²) in [6.07, 6.45) is 0.464. The number of phenolic OH excluding ortho intramolecular Hbond substituents is 2. The Morgan fingerprint density at radius 1 is 0.818 bits per heavy atom. The molecule has 2 aromatic rings. The van der Waals surface area contributed by atoms with Crippen molar-refractivity contribution in [2.45, 2.75) is 121 Å². The molecule has 3 rings (SSSR count). The van der Waals surface area contributed by atoms with Crippen LogP contribution in [0, 0.1) is 5.41 Å². The van der Waals surface area contributed by atoms with E-state index in [1.807, 2.05) is 18.2 Å². The number of benzene rings is 2. The van der Waals surface area contributed by atoms with Gasteiger partial charge in [-0.3, -0.25) is 4.79 Å². The molecule has 1 aliphatic rings. The summed E-state index contributed by atoms with van der Waals surface area (Å²) < 4.78 is 69.4. The van der Waals surface area contributed by atoms with Crippen LogP contribution in [0.4, 0.5) is 22.0 Å². The van der Waals surface area contributed by atoms with Crippen molar-refractivity contribution in [3.8, 4) is 17.2 Å².